The third-order valence-corrected chi connectivity index (χ3v) is 3.97. The number of hydrogen-bond acceptors (Lipinski definition) is 3. The maximum atomic E-state index is 13.7. The van der Waals surface area contributed by atoms with E-state index in [0.29, 0.717) is 14.2 Å². The van der Waals surface area contributed by atoms with Crippen molar-refractivity contribution in [2.45, 2.75) is 6.04 Å². The van der Waals surface area contributed by atoms with Crippen LogP contribution < -0.4 is 11.3 Å². The molecule has 2 rings (SSSR count). The highest BCUT2D eigenvalue weighted by Crippen LogP contribution is 2.38. The minimum Gasteiger partial charge on any atom is -0.271 e. The summed E-state index contributed by atoms with van der Waals surface area (Å²) in [4.78, 5) is 0. The van der Waals surface area contributed by atoms with Crippen LogP contribution >= 0.6 is 34.5 Å². The monoisotopic (exact) mass is 308 g/mol. The molecular weight excluding hydrogens is 301 g/mol. The van der Waals surface area contributed by atoms with Crippen molar-refractivity contribution in [1.29, 1.82) is 0 Å². The highest BCUT2D eigenvalue weighted by Gasteiger charge is 2.24. The Morgan fingerprint density at radius 2 is 1.83 bits per heavy atom. The molecule has 0 radical (unpaired) electrons. The molecule has 96 valence electrons. The second-order valence-corrected chi connectivity index (χ2v) is 5.80. The third-order valence-electron chi connectivity index (χ3n) is 2.45. The highest BCUT2D eigenvalue weighted by molar-refractivity contribution is 7.20. The van der Waals surface area contributed by atoms with Crippen LogP contribution in [0.2, 0.25) is 8.67 Å². The van der Waals surface area contributed by atoms with Gasteiger partial charge < -0.3 is 0 Å². The second-order valence-electron chi connectivity index (χ2n) is 3.51. The smallest absolute Gasteiger partial charge is 0.131 e. The first kappa shape index (κ1) is 13.7. The number of hydrogen-bond donors (Lipinski definition) is 2. The number of nitrogens with two attached hydrogens (primary N) is 1. The predicted molar refractivity (Wildman–Crippen MR) is 69.9 cm³/mol. The van der Waals surface area contributed by atoms with Gasteiger partial charge in [0.1, 0.15) is 11.6 Å². The van der Waals surface area contributed by atoms with Crippen LogP contribution in [-0.4, -0.2) is 0 Å². The van der Waals surface area contributed by atoms with Gasteiger partial charge in [-0.15, -0.1) is 11.3 Å². The summed E-state index contributed by atoms with van der Waals surface area (Å²) in [5.41, 5.74) is 2.61. The van der Waals surface area contributed by atoms with E-state index in [1.165, 1.54) is 12.1 Å². The molecule has 1 unspecified atom stereocenters. The molecule has 7 heteroatoms. The Morgan fingerprint density at radius 3 is 2.28 bits per heavy atom. The van der Waals surface area contributed by atoms with E-state index in [9.17, 15) is 8.78 Å². The lowest BCUT2D eigenvalue weighted by Gasteiger charge is -2.17. The van der Waals surface area contributed by atoms with Crippen LogP contribution in [-0.2, 0) is 0 Å². The molecule has 0 aliphatic heterocycles. The first-order chi connectivity index (χ1) is 8.54. The Hall–Kier alpha value is -0.720. The van der Waals surface area contributed by atoms with Crippen molar-refractivity contribution in [3.05, 3.63) is 55.7 Å². The van der Waals surface area contributed by atoms with Crippen LogP contribution in [0.25, 0.3) is 0 Å². The van der Waals surface area contributed by atoms with Gasteiger partial charge in [-0.25, -0.2) is 14.2 Å². The summed E-state index contributed by atoms with van der Waals surface area (Å²) in [6.07, 6.45) is 0. The Labute approximate surface area is 116 Å². The van der Waals surface area contributed by atoms with Gasteiger partial charge in [0.05, 0.1) is 14.7 Å². The average Bonchev–Trinajstić information content (AvgIpc) is 2.63. The number of nitrogens with one attached hydrogen (secondary N) is 1. The largest absolute Gasteiger partial charge is 0.271 e. The minimum absolute atomic E-state index is 0.184. The number of rotatable bonds is 3. The summed E-state index contributed by atoms with van der Waals surface area (Å²) in [7, 11) is 0. The molecule has 1 aromatic heterocycles. The van der Waals surface area contributed by atoms with Crippen molar-refractivity contribution in [1.82, 2.24) is 5.43 Å². The van der Waals surface area contributed by atoms with E-state index in [0.717, 1.165) is 23.5 Å². The maximum absolute atomic E-state index is 13.7. The zero-order chi connectivity index (χ0) is 13.3. The van der Waals surface area contributed by atoms with Gasteiger partial charge in [-0.05, 0) is 18.2 Å². The third kappa shape index (κ3) is 2.50. The lowest BCUT2D eigenvalue weighted by Crippen LogP contribution is -2.30. The van der Waals surface area contributed by atoms with Gasteiger partial charge in [0.2, 0.25) is 0 Å². The van der Waals surface area contributed by atoms with Crippen molar-refractivity contribution in [2.24, 2.45) is 5.84 Å². The van der Waals surface area contributed by atoms with Gasteiger partial charge in [0.15, 0.2) is 0 Å². The van der Waals surface area contributed by atoms with Gasteiger partial charge in [0.25, 0.3) is 0 Å². The van der Waals surface area contributed by atoms with Crippen LogP contribution in [0.5, 0.6) is 0 Å². The predicted octanol–water partition coefficient (Wildman–Crippen LogP) is 3.89. The molecule has 2 nitrogen and oxygen atoms in total. The summed E-state index contributed by atoms with van der Waals surface area (Å²) in [6.45, 7) is 0. The zero-order valence-corrected chi connectivity index (χ0v) is 11.2. The van der Waals surface area contributed by atoms with Crippen LogP contribution in [0.15, 0.2) is 24.3 Å². The average molecular weight is 309 g/mol. The summed E-state index contributed by atoms with van der Waals surface area (Å²) in [5, 5.41) is 0. The van der Waals surface area contributed by atoms with E-state index in [1.807, 2.05) is 0 Å². The molecule has 18 heavy (non-hydrogen) atoms. The molecule has 1 heterocycles. The molecule has 1 atom stereocenters. The van der Waals surface area contributed by atoms with Crippen molar-refractivity contribution in [2.75, 3.05) is 0 Å². The Bertz CT molecular complexity index is 554. The Balaban J connectivity index is 2.55. The summed E-state index contributed by atoms with van der Waals surface area (Å²) in [5.74, 6) is 3.98. The summed E-state index contributed by atoms with van der Waals surface area (Å²) in [6, 6.07) is 4.24. The number of benzene rings is 1. The second kappa shape index (κ2) is 5.50. The molecule has 0 bridgehead atoms. The lowest BCUT2D eigenvalue weighted by atomic mass is 10.0. The lowest BCUT2D eigenvalue weighted by molar-refractivity contribution is 0.511. The quantitative estimate of drug-likeness (QED) is 0.667. The van der Waals surface area contributed by atoms with E-state index < -0.39 is 17.7 Å². The molecular formula is C11H8Cl2F2N2S. The van der Waals surface area contributed by atoms with E-state index in [4.69, 9.17) is 29.0 Å². The van der Waals surface area contributed by atoms with E-state index in [1.54, 1.807) is 0 Å². The molecule has 0 spiro atoms. The molecule has 3 N–H and O–H groups in total. The van der Waals surface area contributed by atoms with Crippen molar-refractivity contribution >= 4 is 34.5 Å². The van der Waals surface area contributed by atoms with Crippen molar-refractivity contribution in [3.8, 4) is 0 Å². The number of thiophene rings is 1. The van der Waals surface area contributed by atoms with Crippen molar-refractivity contribution < 1.29 is 8.78 Å². The van der Waals surface area contributed by atoms with Gasteiger partial charge >= 0.3 is 0 Å². The first-order valence-electron chi connectivity index (χ1n) is 4.89. The molecule has 0 saturated heterocycles. The summed E-state index contributed by atoms with van der Waals surface area (Å²) < 4.78 is 28.2. The SMILES string of the molecule is NNC(c1cc(Cl)sc1Cl)c1c(F)cccc1F. The molecule has 0 amide bonds. The van der Waals surface area contributed by atoms with E-state index >= 15 is 0 Å². The summed E-state index contributed by atoms with van der Waals surface area (Å²) >= 11 is 12.9. The van der Waals surface area contributed by atoms with Gasteiger partial charge in [-0.1, -0.05) is 29.3 Å². The first-order valence-corrected chi connectivity index (χ1v) is 6.46. The molecule has 0 saturated carbocycles. The number of halogens is 4. The molecule has 0 fully saturated rings. The van der Waals surface area contributed by atoms with E-state index in [2.05, 4.69) is 5.43 Å². The topological polar surface area (TPSA) is 38.0 Å². The van der Waals surface area contributed by atoms with Gasteiger partial charge in [-0.2, -0.15) is 0 Å². The molecule has 0 aliphatic carbocycles. The standard InChI is InChI=1S/C11H8Cl2F2N2S/c12-8-4-5(11(13)18-8)10(17-16)9-6(14)2-1-3-7(9)15/h1-4,10,17H,16H2. The maximum Gasteiger partial charge on any atom is 0.131 e. The van der Waals surface area contributed by atoms with Gasteiger partial charge in [-0.3, -0.25) is 5.84 Å². The fourth-order valence-electron chi connectivity index (χ4n) is 1.66. The Morgan fingerprint density at radius 1 is 1.22 bits per heavy atom. The van der Waals surface area contributed by atoms with E-state index in [-0.39, 0.29) is 5.56 Å². The Kier molecular flexibility index (Phi) is 4.19. The fraction of sp³-hybridized carbons (Fsp3) is 0.0909. The van der Waals surface area contributed by atoms with Crippen LogP contribution in [0.4, 0.5) is 8.78 Å². The molecule has 1 aromatic carbocycles. The fourth-order valence-corrected chi connectivity index (χ4v) is 3.20. The molecule has 0 aliphatic rings. The van der Waals surface area contributed by atoms with Crippen LogP contribution in [0.3, 0.4) is 0 Å². The van der Waals surface area contributed by atoms with Crippen molar-refractivity contribution in [3.63, 3.8) is 0 Å². The molecule has 2 aromatic rings. The normalized spacial score (nSPS) is 12.7. The number of hydrazine groups is 1. The van der Waals surface area contributed by atoms with Crippen LogP contribution in [0, 0.1) is 11.6 Å². The highest BCUT2D eigenvalue weighted by atomic mass is 35.5. The minimum atomic E-state index is -0.887. The zero-order valence-electron chi connectivity index (χ0n) is 8.88. The van der Waals surface area contributed by atoms with Crippen LogP contribution in [0.1, 0.15) is 17.2 Å². The van der Waals surface area contributed by atoms with Gasteiger partial charge in [0, 0.05) is 11.1 Å².